The first-order valence-electron chi connectivity index (χ1n) is 22.1. The molecule has 2 atom stereocenters. The Bertz CT molecular complexity index is 2310. The van der Waals surface area contributed by atoms with Gasteiger partial charge < -0.3 is 24.3 Å². The quantitative estimate of drug-likeness (QED) is 0.0194. The fraction of sp³-hybridized carbons (Fsp3) is 0.360. The number of anilines is 1. The molecule has 0 aliphatic carbocycles. The van der Waals surface area contributed by atoms with E-state index >= 15 is 0 Å². The molecular weight excluding hydrogens is 829 g/mol. The maximum atomic E-state index is 14.3. The Balaban J connectivity index is 1.11. The molecule has 3 aromatic heterocycles. The monoisotopic (exact) mass is 884 g/mol. The molecule has 1 aliphatic rings. The minimum Gasteiger partial charge on any atom is -0.495 e. The number of unbranched alkanes of at least 4 members (excludes halogenated alkanes) is 9. The van der Waals surface area contributed by atoms with Gasteiger partial charge in [0.1, 0.15) is 18.1 Å². The van der Waals surface area contributed by atoms with E-state index in [0.29, 0.717) is 33.4 Å². The molecule has 2 aromatic carbocycles. The number of esters is 1. The minimum absolute atomic E-state index is 0.0302. The predicted molar refractivity (Wildman–Crippen MR) is 244 cm³/mol. The number of carbonyl (C=O) groups is 5. The van der Waals surface area contributed by atoms with Crippen LogP contribution < -0.4 is 14.8 Å². The molecular formula is C50H56N6O9. The van der Waals surface area contributed by atoms with Gasteiger partial charge in [-0.1, -0.05) is 107 Å². The second-order valence-corrected chi connectivity index (χ2v) is 15.5. The van der Waals surface area contributed by atoms with Gasteiger partial charge in [0, 0.05) is 37.1 Å². The van der Waals surface area contributed by atoms with Crippen molar-refractivity contribution in [3.05, 3.63) is 121 Å². The molecule has 1 aliphatic heterocycles. The number of nitrogens with one attached hydrogen (secondary N) is 1. The van der Waals surface area contributed by atoms with E-state index in [1.165, 1.54) is 83.0 Å². The third-order valence-electron chi connectivity index (χ3n) is 10.8. The zero-order valence-electron chi connectivity index (χ0n) is 37.1. The molecule has 1 saturated heterocycles. The Morgan fingerprint density at radius 1 is 0.692 bits per heavy atom. The second-order valence-electron chi connectivity index (χ2n) is 15.5. The number of ether oxygens (including phenoxy) is 4. The number of nitrogens with zero attached hydrogens (tertiary/aromatic N) is 5. The maximum absolute atomic E-state index is 14.3. The first-order chi connectivity index (χ1) is 31.7. The number of imide groups is 1. The van der Waals surface area contributed by atoms with Crippen LogP contribution in [0.25, 0.3) is 22.8 Å². The van der Waals surface area contributed by atoms with Crippen LogP contribution >= 0.6 is 0 Å². The van der Waals surface area contributed by atoms with Crippen molar-refractivity contribution in [3.8, 4) is 34.3 Å². The smallest absolute Gasteiger partial charge is 0.338 e. The van der Waals surface area contributed by atoms with Crippen molar-refractivity contribution >= 4 is 35.3 Å². The van der Waals surface area contributed by atoms with Crippen LogP contribution in [-0.4, -0.2) is 101 Å². The van der Waals surface area contributed by atoms with Gasteiger partial charge in [0.05, 0.1) is 54.4 Å². The van der Waals surface area contributed by atoms with E-state index in [1.54, 1.807) is 54.9 Å². The van der Waals surface area contributed by atoms with Gasteiger partial charge in [0.2, 0.25) is 6.23 Å². The number of likely N-dealkylation sites (N-methyl/N-ethyl adjacent to an activating group) is 1. The normalized spacial score (nSPS) is 14.0. The van der Waals surface area contributed by atoms with Crippen LogP contribution in [0.1, 0.15) is 91.8 Å². The molecule has 5 aromatic rings. The van der Waals surface area contributed by atoms with E-state index in [4.69, 9.17) is 23.9 Å². The highest BCUT2D eigenvalue weighted by molar-refractivity contribution is 6.22. The fourth-order valence-electron chi connectivity index (χ4n) is 7.35. The molecule has 0 bridgehead atoms. The predicted octanol–water partition coefficient (Wildman–Crippen LogP) is 8.80. The summed E-state index contributed by atoms with van der Waals surface area (Å²) in [4.78, 5) is 84.7. The first kappa shape index (κ1) is 47.5. The highest BCUT2D eigenvalue weighted by Gasteiger charge is 2.51. The molecule has 1 fully saturated rings. The third kappa shape index (κ3) is 12.8. The molecule has 65 heavy (non-hydrogen) atoms. The van der Waals surface area contributed by atoms with Crippen molar-refractivity contribution in [2.45, 2.75) is 83.4 Å². The summed E-state index contributed by atoms with van der Waals surface area (Å²) in [5.41, 5.74) is 2.59. The standard InChI is InChI=1S/C50H56N6O9/c1-4-5-6-7-8-9-10-11-12-20-29-65-49(60)36-25-26-43(62-3)42(32-36)54-46(58)44(45(57)35-21-14-13-15-22-35)56-47(59)48(55(2)50(56)61)64-31-30-63-37-33-40(38-23-16-18-27-51-38)53-41(34-37)39-24-17-19-28-52-39/h13-19,21-28,32-34,44,48H,4-12,20,29-31H2,1-3H3,(H,54,58). The lowest BCUT2D eigenvalue weighted by molar-refractivity contribution is -0.144. The van der Waals surface area contributed by atoms with E-state index in [0.717, 1.165) is 30.6 Å². The minimum atomic E-state index is -1.96. The van der Waals surface area contributed by atoms with E-state index in [9.17, 15) is 24.0 Å². The van der Waals surface area contributed by atoms with Crippen LogP contribution in [0, 0.1) is 0 Å². The molecule has 4 heterocycles. The van der Waals surface area contributed by atoms with Crippen LogP contribution in [0.2, 0.25) is 0 Å². The number of carbonyl (C=O) groups excluding carboxylic acids is 5. The highest BCUT2D eigenvalue weighted by Crippen LogP contribution is 2.30. The lowest BCUT2D eigenvalue weighted by Crippen LogP contribution is -2.52. The zero-order valence-corrected chi connectivity index (χ0v) is 37.1. The number of aromatic nitrogens is 3. The van der Waals surface area contributed by atoms with Gasteiger partial charge in [0.25, 0.3) is 11.8 Å². The third-order valence-corrected chi connectivity index (χ3v) is 10.8. The summed E-state index contributed by atoms with van der Waals surface area (Å²) >= 11 is 0. The van der Waals surface area contributed by atoms with Gasteiger partial charge in [-0.2, -0.15) is 0 Å². The van der Waals surface area contributed by atoms with Crippen LogP contribution in [0.5, 0.6) is 11.5 Å². The van der Waals surface area contributed by atoms with Gasteiger partial charge in [-0.3, -0.25) is 29.3 Å². The summed E-state index contributed by atoms with van der Waals surface area (Å²) in [7, 11) is 2.71. The summed E-state index contributed by atoms with van der Waals surface area (Å²) in [5.74, 6) is -2.77. The Morgan fingerprint density at radius 2 is 1.31 bits per heavy atom. The SMILES string of the molecule is CCCCCCCCCCCCOC(=O)c1ccc(OC)c(NC(=O)C(C(=O)c2ccccc2)N2C(=O)C(OCCOc3cc(-c4ccccn4)nc(-c4ccccn4)c3)N(C)C2=O)c1. The van der Waals surface area contributed by atoms with Gasteiger partial charge in [0.15, 0.2) is 11.8 Å². The highest BCUT2D eigenvalue weighted by atomic mass is 16.5. The van der Waals surface area contributed by atoms with Gasteiger partial charge in [-0.05, 0) is 48.9 Å². The second kappa shape index (κ2) is 24.2. The summed E-state index contributed by atoms with van der Waals surface area (Å²) in [6.45, 7) is 2.24. The van der Waals surface area contributed by atoms with Crippen molar-refractivity contribution in [3.63, 3.8) is 0 Å². The molecule has 6 rings (SSSR count). The molecule has 4 amide bonds. The van der Waals surface area contributed by atoms with Crippen molar-refractivity contribution in [1.82, 2.24) is 24.8 Å². The number of amides is 4. The Hall–Kier alpha value is -7.00. The summed E-state index contributed by atoms with van der Waals surface area (Å²) in [6.07, 6.45) is 13.3. The molecule has 15 heteroatoms. The van der Waals surface area contributed by atoms with Gasteiger partial charge in [-0.15, -0.1) is 0 Å². The van der Waals surface area contributed by atoms with Crippen molar-refractivity contribution in [1.29, 1.82) is 0 Å². The number of benzene rings is 2. The number of Topliss-reactive ketones (excluding diaryl/α,β-unsaturated/α-hetero) is 1. The molecule has 0 saturated carbocycles. The number of ketones is 1. The van der Waals surface area contributed by atoms with Crippen molar-refractivity contribution in [2.24, 2.45) is 0 Å². The summed E-state index contributed by atoms with van der Waals surface area (Å²) < 4.78 is 23.0. The summed E-state index contributed by atoms with van der Waals surface area (Å²) in [5, 5.41) is 2.64. The van der Waals surface area contributed by atoms with Gasteiger partial charge >= 0.3 is 12.0 Å². The number of rotatable bonds is 25. The average Bonchev–Trinajstić information content (AvgIpc) is 3.54. The summed E-state index contributed by atoms with van der Waals surface area (Å²) in [6, 6.07) is 23.7. The molecule has 2 unspecified atom stereocenters. The molecule has 1 N–H and O–H groups in total. The first-order valence-corrected chi connectivity index (χ1v) is 22.1. The van der Waals surface area contributed by atoms with Crippen molar-refractivity contribution < 1.29 is 42.9 Å². The van der Waals surface area contributed by atoms with Crippen LogP contribution in [0.4, 0.5) is 10.5 Å². The topological polar surface area (TPSA) is 179 Å². The Kier molecular flexibility index (Phi) is 17.7. The van der Waals surface area contributed by atoms with Crippen LogP contribution in [0.3, 0.4) is 0 Å². The van der Waals surface area contributed by atoms with E-state index < -0.39 is 41.9 Å². The number of methoxy groups -OCH3 is 1. The number of hydrogen-bond acceptors (Lipinski definition) is 12. The number of urea groups is 1. The molecule has 15 nitrogen and oxygen atoms in total. The largest absolute Gasteiger partial charge is 0.495 e. The molecule has 340 valence electrons. The average molecular weight is 885 g/mol. The number of pyridine rings is 3. The number of hydrogen-bond donors (Lipinski definition) is 1. The van der Waals surface area contributed by atoms with E-state index in [-0.39, 0.29) is 42.4 Å². The maximum Gasteiger partial charge on any atom is 0.338 e. The van der Waals surface area contributed by atoms with E-state index in [2.05, 4.69) is 22.2 Å². The fourth-order valence-corrected chi connectivity index (χ4v) is 7.35. The lowest BCUT2D eigenvalue weighted by atomic mass is 10.0. The van der Waals surface area contributed by atoms with Crippen molar-refractivity contribution in [2.75, 3.05) is 39.3 Å². The lowest BCUT2D eigenvalue weighted by Gasteiger charge is -2.24. The Labute approximate surface area is 379 Å². The van der Waals surface area contributed by atoms with Crippen LogP contribution in [0.15, 0.2) is 109 Å². The molecule has 0 radical (unpaired) electrons. The molecule has 0 spiro atoms. The zero-order chi connectivity index (χ0) is 46.0. The Morgan fingerprint density at radius 3 is 1.91 bits per heavy atom. The van der Waals surface area contributed by atoms with Crippen LogP contribution in [-0.2, 0) is 19.1 Å². The van der Waals surface area contributed by atoms with E-state index in [1.807, 2.05) is 24.3 Å². The van der Waals surface area contributed by atoms with Gasteiger partial charge in [-0.25, -0.2) is 19.5 Å².